The van der Waals surface area contributed by atoms with Crippen LogP contribution in [-0.4, -0.2) is 18.4 Å². The molecular formula is C20H14F2O3. The van der Waals surface area contributed by atoms with Gasteiger partial charge in [0.1, 0.15) is 0 Å². The molecule has 0 fully saturated rings. The Bertz CT molecular complexity index is 945. The van der Waals surface area contributed by atoms with Gasteiger partial charge in [-0.2, -0.15) is 0 Å². The Kier molecular flexibility index (Phi) is 4.84. The molecule has 0 aliphatic heterocycles. The lowest BCUT2D eigenvalue weighted by atomic mass is 10.0. The molecule has 0 radical (unpaired) electrons. The van der Waals surface area contributed by atoms with Crippen molar-refractivity contribution in [2.75, 3.05) is 6.61 Å². The number of carbonyl (C=O) groups is 2. The SMILES string of the molecule is O=C(Cc1cccc2ccccc12)OCC(=O)c1ccc(F)c(F)c1. The van der Waals surface area contributed by atoms with E-state index in [0.29, 0.717) is 0 Å². The first kappa shape index (κ1) is 16.8. The summed E-state index contributed by atoms with van der Waals surface area (Å²) in [5.74, 6) is -3.31. The number of hydrogen-bond donors (Lipinski definition) is 0. The van der Waals surface area contributed by atoms with Gasteiger partial charge in [-0.3, -0.25) is 9.59 Å². The van der Waals surface area contributed by atoms with E-state index >= 15 is 0 Å². The van der Waals surface area contributed by atoms with Crippen LogP contribution in [0, 0.1) is 11.6 Å². The van der Waals surface area contributed by atoms with Gasteiger partial charge in [0.2, 0.25) is 0 Å². The van der Waals surface area contributed by atoms with Gasteiger partial charge in [0.25, 0.3) is 0 Å². The van der Waals surface area contributed by atoms with Crippen molar-refractivity contribution >= 4 is 22.5 Å². The third kappa shape index (κ3) is 3.88. The number of halogens is 2. The van der Waals surface area contributed by atoms with Crippen LogP contribution in [0.4, 0.5) is 8.78 Å². The molecule has 3 rings (SSSR count). The molecule has 0 unspecified atom stereocenters. The minimum atomic E-state index is -1.12. The lowest BCUT2D eigenvalue weighted by Gasteiger charge is -2.07. The van der Waals surface area contributed by atoms with Gasteiger partial charge in [-0.25, -0.2) is 8.78 Å². The van der Waals surface area contributed by atoms with Gasteiger partial charge in [-0.05, 0) is 34.5 Å². The molecule has 3 nitrogen and oxygen atoms in total. The van der Waals surface area contributed by atoms with Crippen LogP contribution in [0.1, 0.15) is 15.9 Å². The van der Waals surface area contributed by atoms with E-state index in [4.69, 9.17) is 4.74 Å². The zero-order valence-corrected chi connectivity index (χ0v) is 13.2. The molecule has 0 heterocycles. The topological polar surface area (TPSA) is 43.4 Å². The van der Waals surface area contributed by atoms with Gasteiger partial charge < -0.3 is 4.74 Å². The van der Waals surface area contributed by atoms with Crippen LogP contribution in [0.3, 0.4) is 0 Å². The van der Waals surface area contributed by atoms with E-state index in [-0.39, 0.29) is 12.0 Å². The summed E-state index contributed by atoms with van der Waals surface area (Å²) in [5.41, 5.74) is 0.750. The fraction of sp³-hybridized carbons (Fsp3) is 0.100. The summed E-state index contributed by atoms with van der Waals surface area (Å²) >= 11 is 0. The molecular weight excluding hydrogens is 326 g/mol. The third-order valence-electron chi connectivity index (χ3n) is 3.82. The number of fused-ring (bicyclic) bond motifs is 1. The number of Topliss-reactive ketones (excluding diaryl/α,β-unsaturated/α-hetero) is 1. The first-order valence-corrected chi connectivity index (χ1v) is 7.65. The van der Waals surface area contributed by atoms with E-state index in [0.717, 1.165) is 34.5 Å². The van der Waals surface area contributed by atoms with Gasteiger partial charge in [-0.15, -0.1) is 0 Å². The number of rotatable bonds is 5. The van der Waals surface area contributed by atoms with Crippen molar-refractivity contribution in [3.8, 4) is 0 Å². The summed E-state index contributed by atoms with van der Waals surface area (Å²) in [6.45, 7) is -0.519. The van der Waals surface area contributed by atoms with Crippen molar-refractivity contribution in [1.29, 1.82) is 0 Å². The molecule has 25 heavy (non-hydrogen) atoms. The summed E-state index contributed by atoms with van der Waals surface area (Å²) in [7, 11) is 0. The number of ether oxygens (including phenoxy) is 1. The fourth-order valence-corrected chi connectivity index (χ4v) is 2.55. The highest BCUT2D eigenvalue weighted by molar-refractivity contribution is 5.98. The Hall–Kier alpha value is -3.08. The van der Waals surface area contributed by atoms with E-state index in [1.807, 2.05) is 42.5 Å². The van der Waals surface area contributed by atoms with Crippen molar-refractivity contribution in [2.45, 2.75) is 6.42 Å². The maximum absolute atomic E-state index is 13.1. The van der Waals surface area contributed by atoms with Gasteiger partial charge >= 0.3 is 5.97 Å². The van der Waals surface area contributed by atoms with Crippen molar-refractivity contribution in [1.82, 2.24) is 0 Å². The van der Waals surface area contributed by atoms with Crippen molar-refractivity contribution in [3.63, 3.8) is 0 Å². The zero-order chi connectivity index (χ0) is 17.8. The van der Waals surface area contributed by atoms with Crippen molar-refractivity contribution in [2.24, 2.45) is 0 Å². The van der Waals surface area contributed by atoms with E-state index in [2.05, 4.69) is 0 Å². The number of esters is 1. The molecule has 5 heteroatoms. The Morgan fingerprint density at radius 2 is 1.64 bits per heavy atom. The summed E-state index contributed by atoms with van der Waals surface area (Å²) < 4.78 is 31.0. The molecule has 0 spiro atoms. The molecule has 0 aliphatic carbocycles. The zero-order valence-electron chi connectivity index (χ0n) is 13.2. The minimum absolute atomic E-state index is 0.0203. The molecule has 0 atom stereocenters. The molecule has 0 aliphatic rings. The van der Waals surface area contributed by atoms with Crippen LogP contribution in [0.25, 0.3) is 10.8 Å². The predicted molar refractivity (Wildman–Crippen MR) is 89.3 cm³/mol. The van der Waals surface area contributed by atoms with Gasteiger partial charge in [0, 0.05) is 5.56 Å². The highest BCUT2D eigenvalue weighted by Crippen LogP contribution is 2.19. The van der Waals surface area contributed by atoms with Gasteiger partial charge in [0.05, 0.1) is 6.42 Å². The number of benzene rings is 3. The van der Waals surface area contributed by atoms with Crippen molar-refractivity contribution < 1.29 is 23.1 Å². The number of ketones is 1. The molecule has 0 aromatic heterocycles. The van der Waals surface area contributed by atoms with Crippen LogP contribution in [-0.2, 0) is 16.0 Å². The van der Waals surface area contributed by atoms with Crippen LogP contribution in [0.5, 0.6) is 0 Å². The molecule has 126 valence electrons. The van der Waals surface area contributed by atoms with Crippen LogP contribution in [0.2, 0.25) is 0 Å². The predicted octanol–water partition coefficient (Wildman–Crippen LogP) is 4.09. The summed E-state index contributed by atoms with van der Waals surface area (Å²) in [5, 5.41) is 1.94. The van der Waals surface area contributed by atoms with E-state index in [1.54, 1.807) is 0 Å². The Labute approximate surface area is 142 Å². The standard InChI is InChI=1S/C20H14F2O3/c21-17-9-8-15(10-18(17)22)19(23)12-25-20(24)11-14-6-3-5-13-4-1-2-7-16(13)14/h1-10H,11-12H2. The van der Waals surface area contributed by atoms with E-state index in [1.165, 1.54) is 0 Å². The maximum atomic E-state index is 13.1. The normalized spacial score (nSPS) is 10.6. The average molecular weight is 340 g/mol. The second-order valence-electron chi connectivity index (χ2n) is 5.53. The largest absolute Gasteiger partial charge is 0.457 e. The summed E-state index contributed by atoms with van der Waals surface area (Å²) in [6, 6.07) is 16.0. The molecule has 0 bridgehead atoms. The molecule has 3 aromatic carbocycles. The lowest BCUT2D eigenvalue weighted by Crippen LogP contribution is -2.16. The molecule has 0 saturated heterocycles. The lowest BCUT2D eigenvalue weighted by molar-refractivity contribution is -0.141. The smallest absolute Gasteiger partial charge is 0.310 e. The Balaban J connectivity index is 1.64. The highest BCUT2D eigenvalue weighted by Gasteiger charge is 2.13. The summed E-state index contributed by atoms with van der Waals surface area (Å²) in [4.78, 5) is 23.9. The molecule has 0 N–H and O–H groups in total. The molecule has 3 aromatic rings. The third-order valence-corrected chi connectivity index (χ3v) is 3.82. The summed E-state index contributed by atoms with van der Waals surface area (Å²) in [6.07, 6.45) is 0.0203. The fourth-order valence-electron chi connectivity index (χ4n) is 2.55. The second kappa shape index (κ2) is 7.21. The monoisotopic (exact) mass is 340 g/mol. The first-order chi connectivity index (χ1) is 12.0. The highest BCUT2D eigenvalue weighted by atomic mass is 19.2. The van der Waals surface area contributed by atoms with E-state index in [9.17, 15) is 18.4 Å². The average Bonchev–Trinajstić information content (AvgIpc) is 2.62. The van der Waals surface area contributed by atoms with Crippen LogP contribution < -0.4 is 0 Å². The van der Waals surface area contributed by atoms with Gasteiger partial charge in [-0.1, -0.05) is 42.5 Å². The first-order valence-electron chi connectivity index (χ1n) is 7.65. The number of carbonyl (C=O) groups excluding carboxylic acids is 2. The number of hydrogen-bond acceptors (Lipinski definition) is 3. The van der Waals surface area contributed by atoms with Crippen molar-refractivity contribution in [3.05, 3.63) is 83.4 Å². The van der Waals surface area contributed by atoms with E-state index < -0.39 is 30.0 Å². The van der Waals surface area contributed by atoms with Crippen LogP contribution in [0.15, 0.2) is 60.7 Å². The maximum Gasteiger partial charge on any atom is 0.310 e. The van der Waals surface area contributed by atoms with Gasteiger partial charge in [0.15, 0.2) is 24.0 Å². The second-order valence-corrected chi connectivity index (χ2v) is 5.53. The Morgan fingerprint density at radius 1 is 0.880 bits per heavy atom. The molecule has 0 saturated carbocycles. The minimum Gasteiger partial charge on any atom is -0.457 e. The quantitative estimate of drug-likeness (QED) is 0.519. The molecule has 0 amide bonds. The Morgan fingerprint density at radius 3 is 2.44 bits per heavy atom. The van der Waals surface area contributed by atoms with Crippen LogP contribution >= 0.6 is 0 Å².